The second-order valence-electron chi connectivity index (χ2n) is 5.66. The maximum atomic E-state index is 12.1. The zero-order valence-electron chi connectivity index (χ0n) is 13.6. The molecule has 1 aliphatic rings. The van der Waals surface area contributed by atoms with Gasteiger partial charge in [-0.25, -0.2) is 0 Å². The number of hydrogen-bond donors (Lipinski definition) is 1. The zero-order chi connectivity index (χ0) is 17.5. The molecule has 0 atom stereocenters. The summed E-state index contributed by atoms with van der Waals surface area (Å²) >= 11 is 11.8. The number of ether oxygens (including phenoxy) is 1. The highest BCUT2D eigenvalue weighted by Gasteiger charge is 2.17. The Hall–Kier alpha value is -1.34. The van der Waals surface area contributed by atoms with Gasteiger partial charge in [-0.15, -0.1) is 0 Å². The Morgan fingerprint density at radius 1 is 1.25 bits per heavy atom. The molecule has 1 saturated heterocycles. The van der Waals surface area contributed by atoms with Crippen LogP contribution in [0.1, 0.15) is 6.42 Å². The highest BCUT2D eigenvalue weighted by molar-refractivity contribution is 6.42. The molecule has 132 valence electrons. The summed E-state index contributed by atoms with van der Waals surface area (Å²) in [5.74, 6) is -0.0789. The molecular formula is C16H21Cl2N3O3. The number of nitrogens with zero attached hydrogens (tertiary/aromatic N) is 2. The zero-order valence-corrected chi connectivity index (χ0v) is 15.1. The molecule has 1 aromatic carbocycles. The topological polar surface area (TPSA) is 61.9 Å². The quantitative estimate of drug-likeness (QED) is 0.829. The van der Waals surface area contributed by atoms with E-state index in [1.165, 1.54) is 0 Å². The fourth-order valence-electron chi connectivity index (χ4n) is 2.36. The Balaban J connectivity index is 1.72. The van der Waals surface area contributed by atoms with Gasteiger partial charge in [-0.1, -0.05) is 23.2 Å². The molecule has 1 aromatic rings. The van der Waals surface area contributed by atoms with Crippen LogP contribution in [0.2, 0.25) is 10.0 Å². The van der Waals surface area contributed by atoms with Crippen LogP contribution in [0.4, 0.5) is 5.69 Å². The number of rotatable bonds is 6. The molecule has 24 heavy (non-hydrogen) atoms. The summed E-state index contributed by atoms with van der Waals surface area (Å²) < 4.78 is 5.23. The van der Waals surface area contributed by atoms with E-state index >= 15 is 0 Å². The maximum Gasteiger partial charge on any atom is 0.238 e. The Kier molecular flexibility index (Phi) is 7.30. The van der Waals surface area contributed by atoms with Crippen LogP contribution in [-0.2, 0) is 14.3 Å². The third-order valence-electron chi connectivity index (χ3n) is 3.69. The Morgan fingerprint density at radius 2 is 1.96 bits per heavy atom. The molecule has 0 bridgehead atoms. The van der Waals surface area contributed by atoms with E-state index in [0.29, 0.717) is 55.0 Å². The third kappa shape index (κ3) is 5.94. The van der Waals surface area contributed by atoms with Gasteiger partial charge in [0.1, 0.15) is 0 Å². The molecule has 1 fully saturated rings. The van der Waals surface area contributed by atoms with Crippen molar-refractivity contribution in [2.75, 3.05) is 51.8 Å². The number of carbonyl (C=O) groups is 2. The minimum Gasteiger partial charge on any atom is -0.378 e. The van der Waals surface area contributed by atoms with Crippen molar-refractivity contribution >= 4 is 40.7 Å². The van der Waals surface area contributed by atoms with Crippen molar-refractivity contribution in [3.05, 3.63) is 28.2 Å². The lowest BCUT2D eigenvalue weighted by atomic mass is 10.3. The van der Waals surface area contributed by atoms with E-state index in [1.807, 2.05) is 4.90 Å². The van der Waals surface area contributed by atoms with Crippen LogP contribution >= 0.6 is 23.2 Å². The van der Waals surface area contributed by atoms with E-state index in [1.54, 1.807) is 30.1 Å². The van der Waals surface area contributed by atoms with Crippen LogP contribution in [0.3, 0.4) is 0 Å². The van der Waals surface area contributed by atoms with E-state index in [9.17, 15) is 9.59 Å². The molecule has 0 aliphatic carbocycles. The van der Waals surface area contributed by atoms with E-state index in [4.69, 9.17) is 27.9 Å². The van der Waals surface area contributed by atoms with Crippen LogP contribution in [-0.4, -0.2) is 68.1 Å². The van der Waals surface area contributed by atoms with Gasteiger partial charge in [0.15, 0.2) is 0 Å². The molecule has 1 N–H and O–H groups in total. The second-order valence-corrected chi connectivity index (χ2v) is 6.47. The summed E-state index contributed by atoms with van der Waals surface area (Å²) in [4.78, 5) is 27.7. The SMILES string of the molecule is CN(CCC(=O)N1CCOCC1)CC(=O)Nc1ccc(Cl)c(Cl)c1. The summed E-state index contributed by atoms with van der Waals surface area (Å²) in [7, 11) is 1.81. The molecule has 2 rings (SSSR count). The van der Waals surface area contributed by atoms with Crippen molar-refractivity contribution in [2.45, 2.75) is 6.42 Å². The number of amides is 2. The van der Waals surface area contributed by atoms with Gasteiger partial charge in [0.2, 0.25) is 11.8 Å². The van der Waals surface area contributed by atoms with Gasteiger partial charge in [0.05, 0.1) is 29.8 Å². The van der Waals surface area contributed by atoms with Gasteiger partial charge in [-0.05, 0) is 25.2 Å². The van der Waals surface area contributed by atoms with Crippen molar-refractivity contribution < 1.29 is 14.3 Å². The molecule has 0 unspecified atom stereocenters. The minimum atomic E-state index is -0.172. The molecular weight excluding hydrogens is 353 g/mol. The molecule has 0 radical (unpaired) electrons. The summed E-state index contributed by atoms with van der Waals surface area (Å²) in [5, 5.41) is 3.58. The van der Waals surface area contributed by atoms with Crippen LogP contribution in [0.25, 0.3) is 0 Å². The fourth-order valence-corrected chi connectivity index (χ4v) is 2.65. The second kappa shape index (κ2) is 9.22. The largest absolute Gasteiger partial charge is 0.378 e. The molecule has 8 heteroatoms. The van der Waals surface area contributed by atoms with Gasteiger partial charge in [-0.2, -0.15) is 0 Å². The van der Waals surface area contributed by atoms with Gasteiger partial charge < -0.3 is 15.0 Å². The molecule has 6 nitrogen and oxygen atoms in total. The standard InChI is InChI=1S/C16H21Cl2N3O3/c1-20(5-4-16(23)21-6-8-24-9-7-21)11-15(22)19-12-2-3-13(17)14(18)10-12/h2-3,10H,4-9,11H2,1H3,(H,19,22). The molecule has 1 heterocycles. The number of likely N-dealkylation sites (N-methyl/N-ethyl adjacent to an activating group) is 1. The number of anilines is 1. The van der Waals surface area contributed by atoms with E-state index in [-0.39, 0.29) is 18.4 Å². The number of benzene rings is 1. The average molecular weight is 374 g/mol. The maximum absolute atomic E-state index is 12.1. The predicted octanol–water partition coefficient (Wildman–Crippen LogP) is 2.11. The number of halogens is 2. The van der Waals surface area contributed by atoms with Gasteiger partial charge >= 0.3 is 0 Å². The first kappa shape index (κ1) is 19.0. The molecule has 0 spiro atoms. The number of carbonyl (C=O) groups excluding carboxylic acids is 2. The van der Waals surface area contributed by atoms with Crippen LogP contribution < -0.4 is 5.32 Å². The van der Waals surface area contributed by atoms with Crippen molar-refractivity contribution in [3.8, 4) is 0 Å². The predicted molar refractivity (Wildman–Crippen MR) is 94.6 cm³/mol. The Morgan fingerprint density at radius 3 is 2.62 bits per heavy atom. The van der Waals surface area contributed by atoms with Crippen molar-refractivity contribution in [1.82, 2.24) is 9.80 Å². The first-order valence-corrected chi connectivity index (χ1v) is 8.50. The van der Waals surface area contributed by atoms with Gasteiger partial charge in [0.25, 0.3) is 0 Å². The molecule has 2 amide bonds. The van der Waals surface area contributed by atoms with Gasteiger partial charge in [0, 0.05) is 31.7 Å². The lowest BCUT2D eigenvalue weighted by Crippen LogP contribution is -2.42. The van der Waals surface area contributed by atoms with Crippen molar-refractivity contribution in [3.63, 3.8) is 0 Å². The number of nitrogens with one attached hydrogen (secondary N) is 1. The van der Waals surface area contributed by atoms with E-state index in [2.05, 4.69) is 5.32 Å². The monoisotopic (exact) mass is 373 g/mol. The highest BCUT2D eigenvalue weighted by atomic mass is 35.5. The van der Waals surface area contributed by atoms with E-state index in [0.717, 1.165) is 0 Å². The summed E-state index contributed by atoms with van der Waals surface area (Å²) in [5.41, 5.74) is 0.590. The summed E-state index contributed by atoms with van der Waals surface area (Å²) in [6, 6.07) is 4.92. The fraction of sp³-hybridized carbons (Fsp3) is 0.500. The molecule has 0 saturated carbocycles. The lowest BCUT2D eigenvalue weighted by molar-refractivity contribution is -0.135. The summed E-state index contributed by atoms with van der Waals surface area (Å²) in [6.07, 6.45) is 0.385. The first-order chi connectivity index (χ1) is 11.5. The lowest BCUT2D eigenvalue weighted by Gasteiger charge is -2.27. The Bertz CT molecular complexity index is 592. The minimum absolute atomic E-state index is 0.0926. The van der Waals surface area contributed by atoms with Crippen molar-refractivity contribution in [1.29, 1.82) is 0 Å². The Labute approximate surface area is 151 Å². The number of hydrogen-bond acceptors (Lipinski definition) is 4. The van der Waals surface area contributed by atoms with Crippen LogP contribution in [0, 0.1) is 0 Å². The highest BCUT2D eigenvalue weighted by Crippen LogP contribution is 2.24. The third-order valence-corrected chi connectivity index (χ3v) is 4.43. The smallest absolute Gasteiger partial charge is 0.238 e. The first-order valence-electron chi connectivity index (χ1n) is 7.74. The van der Waals surface area contributed by atoms with Crippen molar-refractivity contribution in [2.24, 2.45) is 0 Å². The molecule has 1 aliphatic heterocycles. The normalized spacial score (nSPS) is 14.8. The number of morpholine rings is 1. The average Bonchev–Trinajstić information content (AvgIpc) is 2.56. The molecule has 0 aromatic heterocycles. The van der Waals surface area contributed by atoms with Gasteiger partial charge in [-0.3, -0.25) is 14.5 Å². The summed E-state index contributed by atoms with van der Waals surface area (Å²) in [6.45, 7) is 3.17. The van der Waals surface area contributed by atoms with Crippen LogP contribution in [0.15, 0.2) is 18.2 Å². The van der Waals surface area contributed by atoms with E-state index < -0.39 is 0 Å². The van der Waals surface area contributed by atoms with Crippen LogP contribution in [0.5, 0.6) is 0 Å².